The van der Waals surface area contributed by atoms with E-state index in [2.05, 4.69) is 10.5 Å². The van der Waals surface area contributed by atoms with Crippen molar-refractivity contribution in [2.24, 2.45) is 10.8 Å². The fourth-order valence-electron chi connectivity index (χ4n) is 1.65. The van der Waals surface area contributed by atoms with E-state index in [1.54, 1.807) is 30.3 Å². The number of ether oxygens (including phenoxy) is 1. The predicted molar refractivity (Wildman–Crippen MR) is 82.5 cm³/mol. The summed E-state index contributed by atoms with van der Waals surface area (Å²) in [7, 11) is 0. The highest BCUT2D eigenvalue weighted by Gasteiger charge is 2.07. The molecular weight excluding hydrogens is 309 g/mol. The molecule has 0 aliphatic heterocycles. The zero-order chi connectivity index (χ0) is 15.9. The standard InChI is InChI=1S/C15H13ClFN3O2/c16-13-2-1-3-14(17)12(13)9-22-11-6-4-10(5-7-11)8-19-20-15(18)21/h1-8H,9H2,(H3,18,20,21)/b19-8+. The second-order valence-corrected chi connectivity index (χ2v) is 4.70. The summed E-state index contributed by atoms with van der Waals surface area (Å²) < 4.78 is 19.1. The lowest BCUT2D eigenvalue weighted by Gasteiger charge is -2.08. The summed E-state index contributed by atoms with van der Waals surface area (Å²) in [5.74, 6) is 0.146. The number of halogens is 2. The minimum absolute atomic E-state index is 0.0299. The van der Waals surface area contributed by atoms with E-state index in [1.165, 1.54) is 18.3 Å². The van der Waals surface area contributed by atoms with Gasteiger partial charge in [-0.25, -0.2) is 14.6 Å². The highest BCUT2D eigenvalue weighted by Crippen LogP contribution is 2.21. The number of hydrogen-bond donors (Lipinski definition) is 2. The first-order valence-corrected chi connectivity index (χ1v) is 6.68. The highest BCUT2D eigenvalue weighted by atomic mass is 35.5. The van der Waals surface area contributed by atoms with Gasteiger partial charge in [-0.3, -0.25) is 0 Å². The molecule has 0 fully saturated rings. The van der Waals surface area contributed by atoms with E-state index >= 15 is 0 Å². The molecule has 22 heavy (non-hydrogen) atoms. The summed E-state index contributed by atoms with van der Waals surface area (Å²) in [4.78, 5) is 10.5. The Bertz CT molecular complexity index is 669. The quantitative estimate of drug-likeness (QED) is 0.656. The van der Waals surface area contributed by atoms with E-state index in [-0.39, 0.29) is 6.61 Å². The van der Waals surface area contributed by atoms with E-state index in [0.29, 0.717) is 16.3 Å². The Balaban J connectivity index is 1.97. The van der Waals surface area contributed by atoms with Crippen molar-refractivity contribution in [3.63, 3.8) is 0 Å². The summed E-state index contributed by atoms with van der Waals surface area (Å²) in [6.07, 6.45) is 1.43. The SMILES string of the molecule is NC(=O)N/N=C/c1ccc(OCc2c(F)cccc2Cl)cc1. The number of hydrogen-bond acceptors (Lipinski definition) is 3. The molecule has 2 rings (SSSR count). The van der Waals surface area contributed by atoms with Crippen LogP contribution in [0.4, 0.5) is 9.18 Å². The van der Waals surface area contributed by atoms with Crippen LogP contribution >= 0.6 is 11.6 Å². The third kappa shape index (κ3) is 4.46. The third-order valence-corrected chi connectivity index (χ3v) is 3.07. The summed E-state index contributed by atoms with van der Waals surface area (Å²) in [5, 5.41) is 3.95. The van der Waals surface area contributed by atoms with E-state index in [0.717, 1.165) is 5.56 Å². The Kier molecular flexibility index (Phi) is 5.32. The smallest absolute Gasteiger partial charge is 0.332 e. The van der Waals surface area contributed by atoms with Crippen molar-refractivity contribution in [1.82, 2.24) is 5.43 Å². The average Bonchev–Trinajstić information content (AvgIpc) is 2.48. The van der Waals surface area contributed by atoms with Crippen molar-refractivity contribution >= 4 is 23.8 Å². The van der Waals surface area contributed by atoms with Crippen LogP contribution in [0.2, 0.25) is 5.02 Å². The number of nitrogens with two attached hydrogens (primary N) is 1. The Labute approximate surface area is 131 Å². The van der Waals surface area contributed by atoms with Crippen LogP contribution in [0.1, 0.15) is 11.1 Å². The molecule has 2 amide bonds. The van der Waals surface area contributed by atoms with Crippen molar-refractivity contribution in [3.05, 3.63) is 64.4 Å². The van der Waals surface area contributed by atoms with Crippen LogP contribution in [0.15, 0.2) is 47.6 Å². The van der Waals surface area contributed by atoms with Gasteiger partial charge in [-0.2, -0.15) is 5.10 Å². The summed E-state index contributed by atoms with van der Waals surface area (Å²) in [6.45, 7) is 0.0299. The van der Waals surface area contributed by atoms with Crippen LogP contribution in [-0.2, 0) is 6.61 Å². The van der Waals surface area contributed by atoms with Crippen molar-refractivity contribution in [2.45, 2.75) is 6.61 Å². The van der Waals surface area contributed by atoms with Crippen LogP contribution in [0.5, 0.6) is 5.75 Å². The molecule has 0 aliphatic carbocycles. The van der Waals surface area contributed by atoms with Gasteiger partial charge in [0, 0.05) is 5.56 Å². The van der Waals surface area contributed by atoms with Gasteiger partial charge in [0.1, 0.15) is 18.2 Å². The van der Waals surface area contributed by atoms with E-state index in [1.807, 2.05) is 0 Å². The third-order valence-electron chi connectivity index (χ3n) is 2.71. The normalized spacial score (nSPS) is 10.6. The molecule has 0 radical (unpaired) electrons. The molecule has 2 aromatic rings. The number of hydrazone groups is 1. The maximum Gasteiger partial charge on any atom is 0.332 e. The molecule has 0 heterocycles. The summed E-state index contributed by atoms with van der Waals surface area (Å²) in [5.41, 5.74) is 8.01. The molecule has 114 valence electrons. The lowest BCUT2D eigenvalue weighted by molar-refractivity contribution is 0.249. The van der Waals surface area contributed by atoms with Gasteiger partial charge in [-0.05, 0) is 42.0 Å². The number of benzene rings is 2. The van der Waals surface area contributed by atoms with Gasteiger partial charge in [0.05, 0.1) is 11.2 Å². The van der Waals surface area contributed by atoms with Crippen molar-refractivity contribution < 1.29 is 13.9 Å². The number of carbonyl (C=O) groups excluding carboxylic acids is 1. The zero-order valence-corrected chi connectivity index (χ0v) is 12.2. The van der Waals surface area contributed by atoms with E-state index in [4.69, 9.17) is 22.1 Å². The molecule has 5 nitrogen and oxygen atoms in total. The maximum atomic E-state index is 13.6. The molecule has 0 bridgehead atoms. The predicted octanol–water partition coefficient (Wildman–Crippen LogP) is 3.06. The maximum absolute atomic E-state index is 13.6. The van der Waals surface area contributed by atoms with Crippen LogP contribution in [0.25, 0.3) is 0 Å². The lowest BCUT2D eigenvalue weighted by Crippen LogP contribution is -2.24. The minimum Gasteiger partial charge on any atom is -0.489 e. The lowest BCUT2D eigenvalue weighted by atomic mass is 10.2. The molecule has 0 atom stereocenters. The number of primary amides is 1. The molecule has 0 unspecified atom stereocenters. The van der Waals surface area contributed by atoms with Crippen LogP contribution in [0, 0.1) is 5.82 Å². The molecule has 0 aliphatic rings. The number of nitrogens with one attached hydrogen (secondary N) is 1. The Hall–Kier alpha value is -2.60. The number of rotatable bonds is 5. The molecule has 7 heteroatoms. The zero-order valence-electron chi connectivity index (χ0n) is 11.4. The van der Waals surface area contributed by atoms with Crippen molar-refractivity contribution in [1.29, 1.82) is 0 Å². The van der Waals surface area contributed by atoms with Gasteiger partial charge in [0.2, 0.25) is 0 Å². The van der Waals surface area contributed by atoms with Gasteiger partial charge in [0.15, 0.2) is 0 Å². The number of nitrogens with zero attached hydrogens (tertiary/aromatic N) is 1. The van der Waals surface area contributed by atoms with Gasteiger partial charge in [-0.1, -0.05) is 17.7 Å². The van der Waals surface area contributed by atoms with Crippen LogP contribution in [-0.4, -0.2) is 12.2 Å². The molecule has 0 spiro atoms. The Morgan fingerprint density at radius 1 is 1.32 bits per heavy atom. The highest BCUT2D eigenvalue weighted by molar-refractivity contribution is 6.31. The minimum atomic E-state index is -0.738. The number of amides is 2. The molecule has 0 saturated heterocycles. The largest absolute Gasteiger partial charge is 0.489 e. The Morgan fingerprint density at radius 2 is 2.05 bits per heavy atom. The average molecular weight is 322 g/mol. The van der Waals surface area contributed by atoms with E-state index < -0.39 is 11.8 Å². The Morgan fingerprint density at radius 3 is 2.68 bits per heavy atom. The molecule has 3 N–H and O–H groups in total. The van der Waals surface area contributed by atoms with Gasteiger partial charge in [0.25, 0.3) is 0 Å². The number of carbonyl (C=O) groups is 1. The van der Waals surface area contributed by atoms with Gasteiger partial charge in [-0.15, -0.1) is 0 Å². The first-order valence-electron chi connectivity index (χ1n) is 6.30. The van der Waals surface area contributed by atoms with Gasteiger partial charge >= 0.3 is 6.03 Å². The molecule has 0 aromatic heterocycles. The first kappa shape index (κ1) is 15.8. The first-order chi connectivity index (χ1) is 10.6. The van der Waals surface area contributed by atoms with E-state index in [9.17, 15) is 9.18 Å². The fourth-order valence-corrected chi connectivity index (χ4v) is 1.86. The van der Waals surface area contributed by atoms with Crippen LogP contribution < -0.4 is 15.9 Å². The number of urea groups is 1. The second-order valence-electron chi connectivity index (χ2n) is 4.29. The molecule has 0 saturated carbocycles. The summed E-state index contributed by atoms with van der Waals surface area (Å²) >= 11 is 5.92. The molecule has 2 aromatic carbocycles. The van der Waals surface area contributed by atoms with Crippen LogP contribution in [0.3, 0.4) is 0 Å². The molecular formula is C15H13ClFN3O2. The fraction of sp³-hybridized carbons (Fsp3) is 0.0667. The van der Waals surface area contributed by atoms with Gasteiger partial charge < -0.3 is 10.5 Å². The monoisotopic (exact) mass is 321 g/mol. The summed E-state index contributed by atoms with van der Waals surface area (Å²) in [6, 6.07) is 10.6. The van der Waals surface area contributed by atoms with Crippen molar-refractivity contribution in [3.8, 4) is 5.75 Å². The van der Waals surface area contributed by atoms with Crippen molar-refractivity contribution in [2.75, 3.05) is 0 Å². The topological polar surface area (TPSA) is 76.7 Å². The second kappa shape index (κ2) is 7.42.